The molecule has 0 spiro atoms. The quantitative estimate of drug-likeness (QED) is 0.705. The fourth-order valence-corrected chi connectivity index (χ4v) is 2.44. The summed E-state index contributed by atoms with van der Waals surface area (Å²) in [6.07, 6.45) is 7.65. The van der Waals surface area contributed by atoms with Crippen molar-refractivity contribution < 1.29 is 4.79 Å². The minimum atomic E-state index is 0.286. The first-order valence-electron chi connectivity index (χ1n) is 5.70. The summed E-state index contributed by atoms with van der Waals surface area (Å²) in [7, 11) is 0. The standard InChI is InChI=1S/C11H18ClNO/c12-9-4-6-10(7-5-9)13-11(14)8-2-1-3-8/h8-10H,1-7H2,(H,13,14). The summed E-state index contributed by atoms with van der Waals surface area (Å²) in [5.41, 5.74) is 0. The molecule has 80 valence electrons. The zero-order valence-electron chi connectivity index (χ0n) is 8.47. The molecule has 0 radical (unpaired) electrons. The maximum Gasteiger partial charge on any atom is 0.223 e. The highest BCUT2D eigenvalue weighted by atomic mass is 35.5. The van der Waals surface area contributed by atoms with Crippen molar-refractivity contribution in [3.8, 4) is 0 Å². The second kappa shape index (κ2) is 4.52. The van der Waals surface area contributed by atoms with Crippen molar-refractivity contribution in [1.82, 2.24) is 5.32 Å². The molecule has 2 saturated carbocycles. The molecular formula is C11H18ClNO. The first-order chi connectivity index (χ1) is 6.75. The number of amides is 1. The summed E-state index contributed by atoms with van der Waals surface area (Å²) in [6, 6.07) is 0.401. The van der Waals surface area contributed by atoms with Crippen molar-refractivity contribution in [2.24, 2.45) is 5.92 Å². The van der Waals surface area contributed by atoms with Crippen molar-refractivity contribution in [2.75, 3.05) is 0 Å². The van der Waals surface area contributed by atoms with E-state index in [2.05, 4.69) is 5.32 Å². The first-order valence-corrected chi connectivity index (χ1v) is 6.14. The van der Waals surface area contributed by atoms with E-state index in [0.717, 1.165) is 38.5 Å². The molecule has 2 aliphatic carbocycles. The SMILES string of the molecule is O=C(NC1CCC(Cl)CC1)C1CCC1. The number of alkyl halides is 1. The molecule has 0 atom stereocenters. The highest BCUT2D eigenvalue weighted by Gasteiger charge is 2.28. The van der Waals surface area contributed by atoms with Gasteiger partial charge < -0.3 is 5.32 Å². The lowest BCUT2D eigenvalue weighted by molar-refractivity contribution is -0.128. The lowest BCUT2D eigenvalue weighted by Gasteiger charge is -2.30. The van der Waals surface area contributed by atoms with Crippen molar-refractivity contribution in [1.29, 1.82) is 0 Å². The number of nitrogens with one attached hydrogen (secondary N) is 1. The third-order valence-electron chi connectivity index (χ3n) is 3.48. The molecule has 0 aromatic heterocycles. The molecule has 0 bridgehead atoms. The molecule has 2 fully saturated rings. The van der Waals surface area contributed by atoms with Crippen molar-refractivity contribution in [3.63, 3.8) is 0 Å². The van der Waals surface area contributed by atoms with E-state index in [1.165, 1.54) is 6.42 Å². The maximum absolute atomic E-state index is 11.6. The minimum Gasteiger partial charge on any atom is -0.353 e. The Balaban J connectivity index is 1.71. The van der Waals surface area contributed by atoms with Crippen LogP contribution in [0.5, 0.6) is 0 Å². The molecule has 0 heterocycles. The lowest BCUT2D eigenvalue weighted by atomic mass is 9.84. The molecule has 14 heavy (non-hydrogen) atoms. The second-order valence-electron chi connectivity index (χ2n) is 4.59. The van der Waals surface area contributed by atoms with E-state index in [1.54, 1.807) is 0 Å². The molecule has 0 aromatic rings. The molecule has 1 N–H and O–H groups in total. The zero-order chi connectivity index (χ0) is 9.97. The fourth-order valence-electron chi connectivity index (χ4n) is 2.19. The minimum absolute atomic E-state index is 0.286. The van der Waals surface area contributed by atoms with Gasteiger partial charge in [0.15, 0.2) is 0 Å². The van der Waals surface area contributed by atoms with Gasteiger partial charge in [0.25, 0.3) is 0 Å². The van der Waals surface area contributed by atoms with E-state index in [0.29, 0.717) is 17.3 Å². The van der Waals surface area contributed by atoms with Gasteiger partial charge in [-0.2, -0.15) is 0 Å². The van der Waals surface area contributed by atoms with Crippen LogP contribution in [0.25, 0.3) is 0 Å². The Labute approximate surface area is 90.4 Å². The number of hydrogen-bond acceptors (Lipinski definition) is 1. The van der Waals surface area contributed by atoms with E-state index < -0.39 is 0 Å². The predicted octanol–water partition coefficient (Wildman–Crippen LogP) is 2.45. The van der Waals surface area contributed by atoms with Gasteiger partial charge in [-0.15, -0.1) is 11.6 Å². The Morgan fingerprint density at radius 3 is 2.21 bits per heavy atom. The molecule has 0 aromatic carbocycles. The van der Waals surface area contributed by atoms with E-state index >= 15 is 0 Å². The molecule has 0 aliphatic heterocycles. The van der Waals surface area contributed by atoms with Gasteiger partial charge in [-0.25, -0.2) is 0 Å². The topological polar surface area (TPSA) is 29.1 Å². The number of rotatable bonds is 2. The number of carbonyl (C=O) groups excluding carboxylic acids is 1. The number of hydrogen-bond donors (Lipinski definition) is 1. The molecule has 3 heteroatoms. The summed E-state index contributed by atoms with van der Waals surface area (Å²) in [4.78, 5) is 11.6. The largest absolute Gasteiger partial charge is 0.353 e. The van der Waals surface area contributed by atoms with Gasteiger partial charge in [0, 0.05) is 17.3 Å². The van der Waals surface area contributed by atoms with Crippen LogP contribution in [-0.4, -0.2) is 17.3 Å². The van der Waals surface area contributed by atoms with Gasteiger partial charge in [0.05, 0.1) is 0 Å². The van der Waals surface area contributed by atoms with Crippen molar-refractivity contribution in [2.45, 2.75) is 56.4 Å². The average molecular weight is 216 g/mol. The maximum atomic E-state index is 11.6. The summed E-state index contributed by atoms with van der Waals surface area (Å²) in [5.74, 6) is 0.609. The zero-order valence-corrected chi connectivity index (χ0v) is 9.22. The van der Waals surface area contributed by atoms with Crippen LogP contribution in [0, 0.1) is 5.92 Å². The molecule has 2 aliphatic rings. The Kier molecular flexibility index (Phi) is 3.32. The van der Waals surface area contributed by atoms with E-state index in [4.69, 9.17) is 11.6 Å². The molecule has 2 rings (SSSR count). The van der Waals surface area contributed by atoms with Gasteiger partial charge in [0.2, 0.25) is 5.91 Å². The monoisotopic (exact) mass is 215 g/mol. The normalized spacial score (nSPS) is 33.5. The summed E-state index contributed by atoms with van der Waals surface area (Å²) in [6.45, 7) is 0. The molecule has 1 amide bonds. The van der Waals surface area contributed by atoms with Crippen LogP contribution in [-0.2, 0) is 4.79 Å². The van der Waals surface area contributed by atoms with Crippen LogP contribution in [0.4, 0.5) is 0 Å². The average Bonchev–Trinajstić information content (AvgIpc) is 2.06. The highest BCUT2D eigenvalue weighted by molar-refractivity contribution is 6.20. The number of halogens is 1. The number of carbonyl (C=O) groups is 1. The molecule has 0 saturated heterocycles. The Morgan fingerprint density at radius 2 is 1.71 bits per heavy atom. The lowest BCUT2D eigenvalue weighted by Crippen LogP contribution is -2.42. The fraction of sp³-hybridized carbons (Fsp3) is 0.909. The Hall–Kier alpha value is -0.240. The summed E-state index contributed by atoms with van der Waals surface area (Å²) in [5, 5.41) is 3.48. The second-order valence-corrected chi connectivity index (χ2v) is 5.20. The van der Waals surface area contributed by atoms with E-state index in [1.807, 2.05) is 0 Å². The third kappa shape index (κ3) is 2.41. The van der Waals surface area contributed by atoms with Gasteiger partial charge >= 0.3 is 0 Å². The summed E-state index contributed by atoms with van der Waals surface area (Å²) >= 11 is 6.01. The van der Waals surface area contributed by atoms with Gasteiger partial charge in [-0.3, -0.25) is 4.79 Å². The Bertz CT molecular complexity index is 207. The summed E-state index contributed by atoms with van der Waals surface area (Å²) < 4.78 is 0. The predicted molar refractivity (Wildman–Crippen MR) is 57.4 cm³/mol. The van der Waals surface area contributed by atoms with Crippen LogP contribution in [0.1, 0.15) is 44.9 Å². The molecule has 0 unspecified atom stereocenters. The van der Waals surface area contributed by atoms with Crippen molar-refractivity contribution >= 4 is 17.5 Å². The van der Waals surface area contributed by atoms with Crippen LogP contribution < -0.4 is 5.32 Å². The van der Waals surface area contributed by atoms with E-state index in [-0.39, 0.29) is 5.91 Å². The highest BCUT2D eigenvalue weighted by Crippen LogP contribution is 2.28. The third-order valence-corrected chi connectivity index (χ3v) is 3.92. The van der Waals surface area contributed by atoms with Crippen LogP contribution in [0.2, 0.25) is 0 Å². The van der Waals surface area contributed by atoms with Gasteiger partial charge in [0.1, 0.15) is 0 Å². The smallest absolute Gasteiger partial charge is 0.223 e. The van der Waals surface area contributed by atoms with Crippen LogP contribution in [0.3, 0.4) is 0 Å². The van der Waals surface area contributed by atoms with Crippen LogP contribution >= 0.6 is 11.6 Å². The van der Waals surface area contributed by atoms with Gasteiger partial charge in [-0.05, 0) is 38.5 Å². The molecule has 2 nitrogen and oxygen atoms in total. The van der Waals surface area contributed by atoms with Crippen LogP contribution in [0.15, 0.2) is 0 Å². The first kappa shape index (κ1) is 10.3. The van der Waals surface area contributed by atoms with Gasteiger partial charge in [-0.1, -0.05) is 6.42 Å². The Morgan fingerprint density at radius 1 is 1.07 bits per heavy atom. The van der Waals surface area contributed by atoms with Crippen molar-refractivity contribution in [3.05, 3.63) is 0 Å². The molecular weight excluding hydrogens is 198 g/mol. The van der Waals surface area contributed by atoms with E-state index in [9.17, 15) is 4.79 Å².